The molecule has 3 amide bonds. The predicted octanol–water partition coefficient (Wildman–Crippen LogP) is 3.06. The fourth-order valence-corrected chi connectivity index (χ4v) is 7.73. The molecule has 1 aromatic carbocycles. The lowest BCUT2D eigenvalue weighted by Gasteiger charge is -2.34. The van der Waals surface area contributed by atoms with Crippen molar-refractivity contribution in [1.82, 2.24) is 20.9 Å². The first-order chi connectivity index (χ1) is 22.2. The first-order valence-corrected chi connectivity index (χ1v) is 18.3. The van der Waals surface area contributed by atoms with Crippen molar-refractivity contribution in [3.63, 3.8) is 0 Å². The Labute approximate surface area is 280 Å². The monoisotopic (exact) mass is 674 g/mol. The summed E-state index contributed by atoms with van der Waals surface area (Å²) in [5.41, 5.74) is 0.869. The van der Waals surface area contributed by atoms with Gasteiger partial charge in [0.2, 0.25) is 11.8 Å². The minimum atomic E-state index is -3.86. The maximum absolute atomic E-state index is 14.0. The van der Waals surface area contributed by atoms with E-state index < -0.39 is 68.8 Å². The van der Waals surface area contributed by atoms with E-state index in [-0.39, 0.29) is 23.8 Å². The molecular weight excluding hydrogens is 620 g/mol. The zero-order valence-electron chi connectivity index (χ0n) is 28.6. The number of rotatable bonds is 20. The summed E-state index contributed by atoms with van der Waals surface area (Å²) in [6.45, 7) is 11.6. The van der Waals surface area contributed by atoms with Gasteiger partial charge in [-0.1, -0.05) is 84.7 Å². The second-order valence-electron chi connectivity index (χ2n) is 13.0. The van der Waals surface area contributed by atoms with Crippen molar-refractivity contribution >= 4 is 27.6 Å². The second kappa shape index (κ2) is 19.5. The van der Waals surface area contributed by atoms with Crippen LogP contribution < -0.4 is 16.0 Å². The van der Waals surface area contributed by atoms with E-state index in [1.807, 2.05) is 33.8 Å². The van der Waals surface area contributed by atoms with Gasteiger partial charge in [0.1, 0.15) is 12.1 Å². The molecule has 1 aromatic heterocycles. The molecule has 12 heteroatoms. The summed E-state index contributed by atoms with van der Waals surface area (Å²) in [5.74, 6) is -3.78. The van der Waals surface area contributed by atoms with Crippen LogP contribution in [0.4, 0.5) is 0 Å². The molecule has 0 fully saturated rings. The summed E-state index contributed by atoms with van der Waals surface area (Å²) in [6.07, 6.45) is 1.77. The lowest BCUT2D eigenvalue weighted by atomic mass is 9.83. The molecule has 1 unspecified atom stereocenters. The fraction of sp³-hybridized carbons (Fsp3) is 0.600. The number of hydrogen-bond acceptors (Lipinski definition) is 8. The van der Waals surface area contributed by atoms with Crippen molar-refractivity contribution in [2.24, 2.45) is 17.8 Å². The van der Waals surface area contributed by atoms with Crippen LogP contribution >= 0.6 is 0 Å². The van der Waals surface area contributed by atoms with Crippen LogP contribution in [0.25, 0.3) is 0 Å². The van der Waals surface area contributed by atoms with Gasteiger partial charge in [0, 0.05) is 18.9 Å². The fourth-order valence-electron chi connectivity index (χ4n) is 5.57. The quantitative estimate of drug-likeness (QED) is 0.142. The van der Waals surface area contributed by atoms with Gasteiger partial charge < -0.3 is 26.2 Å². The van der Waals surface area contributed by atoms with Gasteiger partial charge in [0.05, 0.1) is 34.6 Å². The highest BCUT2D eigenvalue weighted by Crippen LogP contribution is 2.23. The van der Waals surface area contributed by atoms with Gasteiger partial charge in [-0.05, 0) is 48.8 Å². The Morgan fingerprint density at radius 2 is 1.49 bits per heavy atom. The number of aliphatic hydroxyl groups is 2. The smallest absolute Gasteiger partial charge is 0.253 e. The van der Waals surface area contributed by atoms with E-state index in [1.165, 1.54) is 18.5 Å². The number of nitrogens with one attached hydrogen (secondary N) is 3. The molecule has 0 radical (unpaired) electrons. The van der Waals surface area contributed by atoms with Crippen molar-refractivity contribution in [1.29, 1.82) is 0 Å². The topological polar surface area (TPSA) is 175 Å². The standard InChI is InChI=1S/C35H54N4O7S/c1-7-13-27(14-8-2)47(45,46)22-29(39-33(42)26-17-12-18-36-21-26)34(43)38-28(19-25-15-10-9-11-16-25)31(40)32(41)30(24(5)6)35(44)37-20-23(3)4/h9-12,15-18,21,23-24,27-32,40-41H,7-8,13-14,19-20,22H2,1-6H3,(H,37,44)(H,38,43)(H,39,42)/t28-,29?,30+,31+,32+/m0/s1. The van der Waals surface area contributed by atoms with Crippen LogP contribution in [0.5, 0.6) is 0 Å². The third kappa shape index (κ3) is 12.6. The molecule has 5 N–H and O–H groups in total. The first-order valence-electron chi connectivity index (χ1n) is 16.6. The highest BCUT2D eigenvalue weighted by molar-refractivity contribution is 7.92. The number of carbonyl (C=O) groups excluding carboxylic acids is 3. The van der Waals surface area contributed by atoms with E-state index >= 15 is 0 Å². The van der Waals surface area contributed by atoms with Crippen molar-refractivity contribution < 1.29 is 33.0 Å². The SMILES string of the molecule is CCCC(CCC)S(=O)(=O)CC(NC(=O)c1cccnc1)C(=O)N[C@@H](Cc1ccccc1)[C@@H](O)[C@H](O)[C@H](C(=O)NCC(C)C)C(C)C. The van der Waals surface area contributed by atoms with Gasteiger partial charge in [-0.15, -0.1) is 0 Å². The van der Waals surface area contributed by atoms with Gasteiger partial charge in [0.15, 0.2) is 9.84 Å². The van der Waals surface area contributed by atoms with E-state index in [0.717, 1.165) is 5.56 Å². The molecule has 5 atom stereocenters. The average molecular weight is 675 g/mol. The molecule has 0 saturated carbocycles. The summed E-state index contributed by atoms with van der Waals surface area (Å²) < 4.78 is 27.3. The summed E-state index contributed by atoms with van der Waals surface area (Å²) in [4.78, 5) is 44.2. The molecule has 0 aliphatic carbocycles. The van der Waals surface area contributed by atoms with Gasteiger partial charge >= 0.3 is 0 Å². The number of hydrogen-bond donors (Lipinski definition) is 5. The van der Waals surface area contributed by atoms with Gasteiger partial charge in [0.25, 0.3) is 5.91 Å². The lowest BCUT2D eigenvalue weighted by Crippen LogP contribution is -2.59. The average Bonchev–Trinajstić information content (AvgIpc) is 3.03. The number of aromatic nitrogens is 1. The minimum Gasteiger partial charge on any atom is -0.390 e. The zero-order chi connectivity index (χ0) is 35.1. The highest BCUT2D eigenvalue weighted by Gasteiger charge is 2.40. The molecular formula is C35H54N4O7S. The predicted molar refractivity (Wildman–Crippen MR) is 183 cm³/mol. The van der Waals surface area contributed by atoms with Crippen LogP contribution in [0, 0.1) is 17.8 Å². The number of pyridine rings is 1. The molecule has 262 valence electrons. The maximum atomic E-state index is 14.0. The van der Waals surface area contributed by atoms with Crippen LogP contribution in [0.2, 0.25) is 0 Å². The molecule has 11 nitrogen and oxygen atoms in total. The highest BCUT2D eigenvalue weighted by atomic mass is 32.2. The number of benzene rings is 1. The summed E-state index contributed by atoms with van der Waals surface area (Å²) in [5, 5.41) is 30.4. The first kappa shape index (κ1) is 39.8. The number of nitrogens with zero attached hydrogens (tertiary/aromatic N) is 1. The summed E-state index contributed by atoms with van der Waals surface area (Å²) >= 11 is 0. The third-order valence-corrected chi connectivity index (χ3v) is 10.4. The van der Waals surface area contributed by atoms with Crippen LogP contribution in [-0.2, 0) is 25.8 Å². The number of amides is 3. The van der Waals surface area contributed by atoms with E-state index in [9.17, 15) is 33.0 Å². The van der Waals surface area contributed by atoms with Gasteiger partial charge in [-0.3, -0.25) is 19.4 Å². The van der Waals surface area contributed by atoms with Crippen LogP contribution in [-0.4, -0.2) is 83.2 Å². The molecule has 0 bridgehead atoms. The maximum Gasteiger partial charge on any atom is 0.253 e. The van der Waals surface area contributed by atoms with Crippen molar-refractivity contribution in [2.75, 3.05) is 12.3 Å². The Morgan fingerprint density at radius 3 is 2.02 bits per heavy atom. The van der Waals surface area contributed by atoms with Crippen LogP contribution in [0.15, 0.2) is 54.9 Å². The van der Waals surface area contributed by atoms with E-state index in [4.69, 9.17) is 0 Å². The Hall–Kier alpha value is -3.35. The minimum absolute atomic E-state index is 0.0630. The molecule has 47 heavy (non-hydrogen) atoms. The summed E-state index contributed by atoms with van der Waals surface area (Å²) in [6, 6.07) is 9.38. The Morgan fingerprint density at radius 1 is 0.851 bits per heavy atom. The van der Waals surface area contributed by atoms with E-state index in [1.54, 1.807) is 44.2 Å². The number of sulfone groups is 1. The molecule has 2 aromatic rings. The van der Waals surface area contributed by atoms with Crippen LogP contribution in [0.1, 0.15) is 83.1 Å². The molecule has 2 rings (SSSR count). The number of carbonyl (C=O) groups is 3. The Kier molecular flexibility index (Phi) is 16.5. The van der Waals surface area contributed by atoms with E-state index in [0.29, 0.717) is 32.2 Å². The van der Waals surface area contributed by atoms with Crippen molar-refractivity contribution in [3.05, 3.63) is 66.0 Å². The Balaban J connectivity index is 2.48. The lowest BCUT2D eigenvalue weighted by molar-refractivity contribution is -0.136. The normalized spacial score (nSPS) is 15.1. The van der Waals surface area contributed by atoms with E-state index in [2.05, 4.69) is 20.9 Å². The van der Waals surface area contributed by atoms with Crippen LogP contribution in [0.3, 0.4) is 0 Å². The van der Waals surface area contributed by atoms with Crippen molar-refractivity contribution in [3.8, 4) is 0 Å². The van der Waals surface area contributed by atoms with Gasteiger partial charge in [-0.25, -0.2) is 8.42 Å². The molecule has 1 heterocycles. The number of aliphatic hydroxyl groups excluding tert-OH is 2. The van der Waals surface area contributed by atoms with Gasteiger partial charge in [-0.2, -0.15) is 0 Å². The molecule has 0 aliphatic rings. The molecule has 0 spiro atoms. The second-order valence-corrected chi connectivity index (χ2v) is 15.3. The zero-order valence-corrected chi connectivity index (χ0v) is 29.4. The van der Waals surface area contributed by atoms with Crippen molar-refractivity contribution in [2.45, 2.75) is 103 Å². The third-order valence-electron chi connectivity index (χ3n) is 8.14. The largest absolute Gasteiger partial charge is 0.390 e. The molecule has 0 aliphatic heterocycles. The molecule has 0 saturated heterocycles. The summed E-state index contributed by atoms with van der Waals surface area (Å²) in [7, 11) is -3.86. The Bertz CT molecular complexity index is 1350.